The zero-order valence-electron chi connectivity index (χ0n) is 15.5. The maximum Gasteiger partial charge on any atom is 0.335 e. The van der Waals surface area contributed by atoms with Crippen molar-refractivity contribution in [3.05, 3.63) is 71.4 Å². The molecule has 0 radical (unpaired) electrons. The molecule has 3 rings (SSSR count). The van der Waals surface area contributed by atoms with Gasteiger partial charge in [-0.15, -0.1) is 0 Å². The highest BCUT2D eigenvalue weighted by Gasteiger charge is 2.06. The Hall–Kier alpha value is -3.41. The molecular formula is C21H22N4O2. The first kappa shape index (κ1) is 18.4. The van der Waals surface area contributed by atoms with Crippen LogP contribution >= 0.6 is 0 Å². The van der Waals surface area contributed by atoms with Gasteiger partial charge in [-0.1, -0.05) is 26.0 Å². The van der Waals surface area contributed by atoms with Crippen molar-refractivity contribution < 1.29 is 9.90 Å². The summed E-state index contributed by atoms with van der Waals surface area (Å²) in [7, 11) is 0. The van der Waals surface area contributed by atoms with E-state index in [1.165, 1.54) is 5.56 Å². The number of benzene rings is 2. The molecule has 0 aliphatic rings. The highest BCUT2D eigenvalue weighted by molar-refractivity contribution is 5.88. The van der Waals surface area contributed by atoms with Gasteiger partial charge in [0.15, 0.2) is 0 Å². The van der Waals surface area contributed by atoms with Crippen molar-refractivity contribution in [3.8, 4) is 0 Å². The maximum absolute atomic E-state index is 10.9. The second kappa shape index (κ2) is 7.86. The number of aryl methyl sites for hydroxylation is 1. The highest BCUT2D eigenvalue weighted by atomic mass is 16.4. The summed E-state index contributed by atoms with van der Waals surface area (Å²) < 4.78 is 0. The third-order valence-corrected chi connectivity index (χ3v) is 4.09. The molecule has 0 aliphatic carbocycles. The second-order valence-electron chi connectivity index (χ2n) is 6.63. The van der Waals surface area contributed by atoms with E-state index in [2.05, 4.69) is 46.6 Å². The number of aromatic carboxylic acids is 1. The lowest BCUT2D eigenvalue weighted by molar-refractivity contribution is 0.0697. The first-order valence-electron chi connectivity index (χ1n) is 8.74. The number of carbonyl (C=O) groups is 1. The molecule has 0 spiro atoms. The Morgan fingerprint density at radius 3 is 2.11 bits per heavy atom. The Morgan fingerprint density at radius 1 is 0.926 bits per heavy atom. The number of hydrogen-bond donors (Lipinski definition) is 3. The lowest BCUT2D eigenvalue weighted by Crippen LogP contribution is -2.03. The van der Waals surface area contributed by atoms with Crippen molar-refractivity contribution in [2.24, 2.45) is 0 Å². The van der Waals surface area contributed by atoms with E-state index in [0.29, 0.717) is 17.7 Å². The van der Waals surface area contributed by atoms with Crippen LogP contribution < -0.4 is 10.6 Å². The molecule has 138 valence electrons. The fourth-order valence-corrected chi connectivity index (χ4v) is 2.61. The third-order valence-electron chi connectivity index (χ3n) is 4.09. The van der Waals surface area contributed by atoms with Crippen LogP contribution in [0, 0.1) is 6.92 Å². The van der Waals surface area contributed by atoms with Crippen LogP contribution in [0.4, 0.5) is 23.1 Å². The van der Waals surface area contributed by atoms with Gasteiger partial charge in [-0.3, -0.25) is 0 Å². The van der Waals surface area contributed by atoms with Gasteiger partial charge in [0.05, 0.1) is 5.56 Å². The summed E-state index contributed by atoms with van der Waals surface area (Å²) in [6, 6.07) is 16.5. The smallest absolute Gasteiger partial charge is 0.335 e. The van der Waals surface area contributed by atoms with Crippen molar-refractivity contribution >= 4 is 29.1 Å². The van der Waals surface area contributed by atoms with E-state index >= 15 is 0 Å². The summed E-state index contributed by atoms with van der Waals surface area (Å²) in [5, 5.41) is 15.4. The average Bonchev–Trinajstić information content (AvgIpc) is 2.62. The molecule has 0 saturated heterocycles. The zero-order valence-corrected chi connectivity index (χ0v) is 15.5. The van der Waals surface area contributed by atoms with Gasteiger partial charge in [-0.05, 0) is 54.8 Å². The number of nitrogens with one attached hydrogen (secondary N) is 2. The standard InChI is InChI=1S/C21H22N4O2/c1-13(2)15-4-8-18(9-5-15)24-21-22-14(3)12-19(25-21)23-17-10-6-16(7-11-17)20(26)27/h4-13H,1-3H3,(H,26,27)(H2,22,23,24,25). The monoisotopic (exact) mass is 362 g/mol. The van der Waals surface area contributed by atoms with Crippen LogP contribution in [0.25, 0.3) is 0 Å². The van der Waals surface area contributed by atoms with E-state index in [0.717, 1.165) is 17.1 Å². The summed E-state index contributed by atoms with van der Waals surface area (Å²) in [5.74, 6) is 0.663. The van der Waals surface area contributed by atoms with Crippen molar-refractivity contribution in [2.75, 3.05) is 10.6 Å². The molecule has 0 unspecified atom stereocenters. The number of rotatable bonds is 6. The number of carboxylic acid groups (broad SMARTS) is 1. The largest absolute Gasteiger partial charge is 0.478 e. The summed E-state index contributed by atoms with van der Waals surface area (Å²) in [6.07, 6.45) is 0. The van der Waals surface area contributed by atoms with Crippen molar-refractivity contribution in [3.63, 3.8) is 0 Å². The van der Waals surface area contributed by atoms with Gasteiger partial charge in [0.25, 0.3) is 0 Å². The molecule has 0 saturated carbocycles. The summed E-state index contributed by atoms with van der Waals surface area (Å²) in [5.41, 5.74) is 4.01. The van der Waals surface area contributed by atoms with E-state index < -0.39 is 5.97 Å². The Kier molecular flexibility index (Phi) is 5.35. The lowest BCUT2D eigenvalue weighted by Gasteiger charge is -2.11. The van der Waals surface area contributed by atoms with Gasteiger partial charge in [-0.2, -0.15) is 4.98 Å². The molecule has 1 heterocycles. The molecule has 6 nitrogen and oxygen atoms in total. The Bertz CT molecular complexity index is 935. The normalized spacial score (nSPS) is 10.7. The van der Waals surface area contributed by atoms with Crippen LogP contribution in [0.3, 0.4) is 0 Å². The van der Waals surface area contributed by atoms with E-state index in [1.54, 1.807) is 24.3 Å². The van der Waals surface area contributed by atoms with E-state index in [4.69, 9.17) is 5.11 Å². The minimum atomic E-state index is -0.950. The van der Waals surface area contributed by atoms with Crippen LogP contribution in [0.2, 0.25) is 0 Å². The van der Waals surface area contributed by atoms with Crippen LogP contribution in [0.15, 0.2) is 54.6 Å². The molecule has 1 aromatic heterocycles. The third kappa shape index (κ3) is 4.82. The molecule has 0 amide bonds. The predicted octanol–water partition coefficient (Wildman–Crippen LogP) is 5.09. The van der Waals surface area contributed by atoms with Gasteiger partial charge in [0.1, 0.15) is 5.82 Å². The fourth-order valence-electron chi connectivity index (χ4n) is 2.61. The average molecular weight is 362 g/mol. The molecule has 3 aromatic rings. The van der Waals surface area contributed by atoms with Crippen molar-refractivity contribution in [1.82, 2.24) is 9.97 Å². The Balaban J connectivity index is 1.76. The molecule has 0 atom stereocenters. The van der Waals surface area contributed by atoms with Crippen LogP contribution in [-0.4, -0.2) is 21.0 Å². The number of aromatic nitrogens is 2. The minimum absolute atomic E-state index is 0.242. The summed E-state index contributed by atoms with van der Waals surface area (Å²) in [6.45, 7) is 6.22. The van der Waals surface area contributed by atoms with Gasteiger partial charge >= 0.3 is 5.97 Å². The molecule has 6 heteroatoms. The van der Waals surface area contributed by atoms with Gasteiger partial charge in [-0.25, -0.2) is 9.78 Å². The molecule has 2 aromatic carbocycles. The highest BCUT2D eigenvalue weighted by Crippen LogP contribution is 2.21. The van der Waals surface area contributed by atoms with Gasteiger partial charge < -0.3 is 15.7 Å². The molecule has 0 fully saturated rings. The fraction of sp³-hybridized carbons (Fsp3) is 0.190. The van der Waals surface area contributed by atoms with Gasteiger partial charge in [0.2, 0.25) is 5.95 Å². The topological polar surface area (TPSA) is 87.1 Å². The summed E-state index contributed by atoms with van der Waals surface area (Å²) >= 11 is 0. The van der Waals surface area contributed by atoms with Crippen LogP contribution in [0.1, 0.15) is 41.4 Å². The predicted molar refractivity (Wildman–Crippen MR) is 107 cm³/mol. The number of hydrogen-bond acceptors (Lipinski definition) is 5. The first-order valence-corrected chi connectivity index (χ1v) is 8.74. The minimum Gasteiger partial charge on any atom is -0.478 e. The molecular weight excluding hydrogens is 340 g/mol. The number of nitrogens with zero attached hydrogens (tertiary/aromatic N) is 2. The Labute approximate surface area is 158 Å². The molecule has 27 heavy (non-hydrogen) atoms. The zero-order chi connectivity index (χ0) is 19.4. The second-order valence-corrected chi connectivity index (χ2v) is 6.63. The van der Waals surface area contributed by atoms with Crippen LogP contribution in [0.5, 0.6) is 0 Å². The Morgan fingerprint density at radius 2 is 1.52 bits per heavy atom. The number of carboxylic acids is 1. The molecule has 3 N–H and O–H groups in total. The molecule has 0 bridgehead atoms. The summed E-state index contributed by atoms with van der Waals surface area (Å²) in [4.78, 5) is 19.9. The maximum atomic E-state index is 10.9. The first-order chi connectivity index (χ1) is 12.9. The number of anilines is 4. The van der Waals surface area contributed by atoms with Crippen LogP contribution in [-0.2, 0) is 0 Å². The van der Waals surface area contributed by atoms with Crippen molar-refractivity contribution in [2.45, 2.75) is 26.7 Å². The van der Waals surface area contributed by atoms with E-state index in [9.17, 15) is 4.79 Å². The van der Waals surface area contributed by atoms with E-state index in [-0.39, 0.29) is 5.56 Å². The molecule has 0 aliphatic heterocycles. The van der Waals surface area contributed by atoms with Gasteiger partial charge in [0, 0.05) is 23.1 Å². The lowest BCUT2D eigenvalue weighted by atomic mass is 10.0. The van der Waals surface area contributed by atoms with Crippen molar-refractivity contribution in [1.29, 1.82) is 0 Å². The quantitative estimate of drug-likeness (QED) is 0.566. The van der Waals surface area contributed by atoms with E-state index in [1.807, 2.05) is 25.1 Å². The SMILES string of the molecule is Cc1cc(Nc2ccc(C(=O)O)cc2)nc(Nc2ccc(C(C)C)cc2)n1.